The van der Waals surface area contributed by atoms with Crippen LogP contribution in [-0.2, 0) is 10.0 Å². The second-order valence-corrected chi connectivity index (χ2v) is 12.0. The summed E-state index contributed by atoms with van der Waals surface area (Å²) in [6.45, 7) is 3.99. The van der Waals surface area contributed by atoms with E-state index in [1.807, 2.05) is 6.07 Å². The minimum atomic E-state index is -3.45. The highest BCUT2D eigenvalue weighted by Crippen LogP contribution is 2.32. The van der Waals surface area contributed by atoms with Crippen LogP contribution in [0.4, 0.5) is 23.0 Å². The maximum atomic E-state index is 13.6. The second kappa shape index (κ2) is 13.0. The first-order valence-electron chi connectivity index (χ1n) is 13.6. The summed E-state index contributed by atoms with van der Waals surface area (Å²) in [4.78, 5) is 24.6. The van der Waals surface area contributed by atoms with E-state index in [1.165, 1.54) is 19.0 Å². The molecular weight excluding hydrogens is 514 g/mol. The van der Waals surface area contributed by atoms with E-state index >= 15 is 0 Å². The monoisotopic (exact) mass is 553 g/mol. The molecule has 0 radical (unpaired) electrons. The van der Waals surface area contributed by atoms with E-state index < -0.39 is 10.0 Å². The highest BCUT2D eigenvalue weighted by Gasteiger charge is 2.24. The Hall–Kier alpha value is -3.60. The Labute approximate surface area is 231 Å². The largest absolute Gasteiger partial charge is 0.404 e. The third-order valence-electron chi connectivity index (χ3n) is 7.33. The van der Waals surface area contributed by atoms with Gasteiger partial charge in [-0.1, -0.05) is 19.3 Å². The van der Waals surface area contributed by atoms with Crippen molar-refractivity contribution in [2.75, 3.05) is 52.7 Å². The number of sulfonamides is 1. The lowest BCUT2D eigenvalue weighted by atomic mass is 9.90. The number of aromatic nitrogens is 1. The fraction of sp³-hybridized carbons (Fsp3) is 0.464. The number of piperidine rings is 1. The SMILES string of the molecule is CCS(=O)(=O)Nc1ccc2c(c1)N1CCC(CCCCCNc3nc(ccc3/C(C=NC)=C/N)NC2=O)CC1. The molecular formula is C28H39N7O3S. The van der Waals surface area contributed by atoms with Crippen LogP contribution < -0.4 is 26.0 Å². The molecule has 5 N–H and O–H groups in total. The molecule has 0 atom stereocenters. The van der Waals surface area contributed by atoms with Gasteiger partial charge in [0.1, 0.15) is 11.6 Å². The molecule has 1 saturated heterocycles. The van der Waals surface area contributed by atoms with Crippen molar-refractivity contribution in [2.45, 2.75) is 45.4 Å². The lowest BCUT2D eigenvalue weighted by molar-refractivity contribution is 0.102. The standard InChI is InChI=1S/C28H39N7O3S/c1-3-39(37,38)34-22-8-9-24-25(17-22)35-15-12-20(13-16-35)7-5-4-6-14-31-27-23(21(18-29)19-30-2)10-11-26(32-27)33-28(24)36/h8-11,17-20,34H,3-7,12-16,29H2,1-2H3,(H2,31,32,33,36)/b21-18+,30-19?. The number of pyridine rings is 1. The fourth-order valence-electron chi connectivity index (χ4n) is 5.13. The third-order valence-corrected chi connectivity index (χ3v) is 8.63. The fourth-order valence-corrected chi connectivity index (χ4v) is 5.76. The number of amides is 1. The van der Waals surface area contributed by atoms with Crippen molar-refractivity contribution >= 4 is 50.7 Å². The molecule has 0 spiro atoms. The highest BCUT2D eigenvalue weighted by molar-refractivity contribution is 7.92. The van der Waals surface area contributed by atoms with Crippen LogP contribution >= 0.6 is 0 Å². The molecule has 3 aliphatic heterocycles. The van der Waals surface area contributed by atoms with Gasteiger partial charge in [-0.25, -0.2) is 13.4 Å². The van der Waals surface area contributed by atoms with Gasteiger partial charge in [0.15, 0.2) is 0 Å². The van der Waals surface area contributed by atoms with Gasteiger partial charge < -0.3 is 21.3 Å². The Morgan fingerprint density at radius 2 is 1.97 bits per heavy atom. The molecule has 0 saturated carbocycles. The Bertz CT molecular complexity index is 1330. The van der Waals surface area contributed by atoms with Gasteiger partial charge in [0.2, 0.25) is 10.0 Å². The maximum absolute atomic E-state index is 13.6. The predicted octanol–water partition coefficient (Wildman–Crippen LogP) is 4.30. The summed E-state index contributed by atoms with van der Waals surface area (Å²) in [7, 11) is -1.76. The molecule has 210 valence electrons. The molecule has 0 aliphatic carbocycles. The van der Waals surface area contributed by atoms with E-state index in [1.54, 1.807) is 44.5 Å². The van der Waals surface area contributed by atoms with Crippen LogP contribution in [0.2, 0.25) is 0 Å². The first kappa shape index (κ1) is 28.4. The number of fused-ring (bicyclic) bond motifs is 8. The van der Waals surface area contributed by atoms with Gasteiger partial charge in [0.25, 0.3) is 5.91 Å². The number of anilines is 4. The van der Waals surface area contributed by atoms with E-state index in [9.17, 15) is 13.2 Å². The lowest BCUT2D eigenvalue weighted by Crippen LogP contribution is -2.35. The van der Waals surface area contributed by atoms with Gasteiger partial charge in [-0.3, -0.25) is 14.5 Å². The minimum Gasteiger partial charge on any atom is -0.404 e. The number of hydrogen-bond donors (Lipinski definition) is 4. The van der Waals surface area contributed by atoms with Crippen LogP contribution in [0.1, 0.15) is 61.4 Å². The number of hydrogen-bond acceptors (Lipinski definition) is 8. The number of nitrogens with two attached hydrogens (primary N) is 1. The van der Waals surface area contributed by atoms with Crippen LogP contribution in [0.3, 0.4) is 0 Å². The van der Waals surface area contributed by atoms with E-state index in [0.29, 0.717) is 34.5 Å². The summed E-state index contributed by atoms with van der Waals surface area (Å²) >= 11 is 0. The number of nitrogens with zero attached hydrogens (tertiary/aromatic N) is 3. The van der Waals surface area contributed by atoms with E-state index in [2.05, 4.69) is 25.2 Å². The van der Waals surface area contributed by atoms with Crippen molar-refractivity contribution < 1.29 is 13.2 Å². The first-order valence-corrected chi connectivity index (χ1v) is 15.3. The van der Waals surface area contributed by atoms with Crippen LogP contribution in [0.25, 0.3) is 5.57 Å². The van der Waals surface area contributed by atoms with Gasteiger partial charge in [-0.05, 0) is 62.4 Å². The average molecular weight is 554 g/mol. The number of carbonyl (C=O) groups excluding carboxylic acids is 1. The topological polar surface area (TPSA) is 142 Å². The third kappa shape index (κ3) is 7.29. The van der Waals surface area contributed by atoms with Gasteiger partial charge in [0.05, 0.1) is 22.7 Å². The van der Waals surface area contributed by atoms with Gasteiger partial charge in [-0.2, -0.15) is 0 Å². The van der Waals surface area contributed by atoms with Crippen LogP contribution in [0, 0.1) is 5.92 Å². The second-order valence-electron chi connectivity index (χ2n) is 10.0. The molecule has 1 amide bonds. The quantitative estimate of drug-likeness (QED) is 0.405. The summed E-state index contributed by atoms with van der Waals surface area (Å²) in [5, 5.41) is 6.37. The van der Waals surface area contributed by atoms with Crippen molar-refractivity contribution in [1.29, 1.82) is 0 Å². The molecule has 10 nitrogen and oxygen atoms in total. The molecule has 39 heavy (non-hydrogen) atoms. The molecule has 11 heteroatoms. The molecule has 4 bridgehead atoms. The minimum absolute atomic E-state index is 0.0286. The molecule has 0 unspecified atom stereocenters. The number of carbonyl (C=O) groups is 1. The molecule has 1 fully saturated rings. The predicted molar refractivity (Wildman–Crippen MR) is 160 cm³/mol. The molecule has 3 aliphatic rings. The van der Waals surface area contributed by atoms with Crippen molar-refractivity contribution in [3.63, 3.8) is 0 Å². The molecule has 2 aromatic rings. The molecule has 1 aromatic carbocycles. The highest BCUT2D eigenvalue weighted by atomic mass is 32.2. The maximum Gasteiger partial charge on any atom is 0.258 e. The smallest absolute Gasteiger partial charge is 0.258 e. The zero-order chi connectivity index (χ0) is 27.8. The van der Waals surface area contributed by atoms with E-state index in [4.69, 9.17) is 10.7 Å². The van der Waals surface area contributed by atoms with E-state index in [-0.39, 0.29) is 11.7 Å². The van der Waals surface area contributed by atoms with Crippen molar-refractivity contribution in [3.05, 3.63) is 47.7 Å². The number of aliphatic imine (C=N–C) groups is 1. The Balaban J connectivity index is 1.71. The van der Waals surface area contributed by atoms with Crippen molar-refractivity contribution in [2.24, 2.45) is 16.6 Å². The Morgan fingerprint density at radius 3 is 2.69 bits per heavy atom. The van der Waals surface area contributed by atoms with Crippen LogP contribution in [0.5, 0.6) is 0 Å². The number of allylic oxidation sites excluding steroid dienone is 1. The normalized spacial score (nSPS) is 17.8. The molecule has 4 heterocycles. The number of benzene rings is 1. The molecule has 1 aromatic heterocycles. The van der Waals surface area contributed by atoms with Gasteiger partial charge >= 0.3 is 0 Å². The number of rotatable bonds is 5. The lowest BCUT2D eigenvalue weighted by Gasteiger charge is -2.35. The zero-order valence-electron chi connectivity index (χ0n) is 22.7. The zero-order valence-corrected chi connectivity index (χ0v) is 23.6. The summed E-state index contributed by atoms with van der Waals surface area (Å²) in [5.41, 5.74) is 9.03. The van der Waals surface area contributed by atoms with Crippen LogP contribution in [-0.4, -0.2) is 58.0 Å². The average Bonchev–Trinajstić information content (AvgIpc) is 2.93. The molecule has 5 rings (SSSR count). The first-order chi connectivity index (χ1) is 18.8. The van der Waals surface area contributed by atoms with Gasteiger partial charge in [0, 0.05) is 50.2 Å². The van der Waals surface area contributed by atoms with Crippen LogP contribution in [0.15, 0.2) is 41.5 Å². The summed E-state index contributed by atoms with van der Waals surface area (Å²) in [6, 6.07) is 8.69. The Morgan fingerprint density at radius 1 is 1.18 bits per heavy atom. The van der Waals surface area contributed by atoms with Crippen molar-refractivity contribution in [1.82, 2.24) is 4.98 Å². The van der Waals surface area contributed by atoms with Gasteiger partial charge in [-0.15, -0.1) is 0 Å². The number of nitrogens with one attached hydrogen (secondary N) is 3. The summed E-state index contributed by atoms with van der Waals surface area (Å²) in [5.74, 6) is 1.34. The summed E-state index contributed by atoms with van der Waals surface area (Å²) < 4.78 is 27.1. The van der Waals surface area contributed by atoms with Crippen molar-refractivity contribution in [3.8, 4) is 0 Å². The van der Waals surface area contributed by atoms with E-state index in [0.717, 1.165) is 56.5 Å². The summed E-state index contributed by atoms with van der Waals surface area (Å²) in [6.07, 6.45) is 9.76. The Kier molecular flexibility index (Phi) is 9.45.